The van der Waals surface area contributed by atoms with Gasteiger partial charge in [0.2, 0.25) is 0 Å². The Morgan fingerprint density at radius 1 is 0.435 bits per heavy atom. The van der Waals surface area contributed by atoms with Crippen molar-refractivity contribution in [2.24, 2.45) is 0 Å². The summed E-state index contributed by atoms with van der Waals surface area (Å²) in [5.74, 6) is 0. The number of fused-ring (bicyclic) bond motifs is 4. The number of allylic oxidation sites excluding steroid dienone is 4. The van der Waals surface area contributed by atoms with Gasteiger partial charge in [0.1, 0.15) is 0 Å². The summed E-state index contributed by atoms with van der Waals surface area (Å²) >= 11 is 16.0. The van der Waals surface area contributed by atoms with E-state index in [9.17, 15) is 0 Å². The van der Waals surface area contributed by atoms with E-state index in [0.717, 1.165) is 0 Å². The van der Waals surface area contributed by atoms with Crippen molar-refractivity contribution in [3.05, 3.63) is 155 Å². The first kappa shape index (κ1) is 31.6. The number of benzene rings is 6. The van der Waals surface area contributed by atoms with Crippen LogP contribution in [0.1, 0.15) is 49.9 Å². The standard InChI is InChI=1S/C42H34Cl2Si.Zr/c1-25-27(3)41(43,37-23-11-21-35(39(25)37)33-19-9-15-29-13-5-7-17-31(29)33)45-42(44)28(4)26(2)40-36(22-12-24-38(40)42)34-20-10-16-30-14-6-8-18-32(30)34;/h5-24H,45H2,1-4H3;. The minimum Gasteiger partial charge on any atom is -0.114 e. The molecule has 0 radical (unpaired) electrons. The molecule has 2 aliphatic carbocycles. The van der Waals surface area contributed by atoms with Crippen LogP contribution < -0.4 is 0 Å². The van der Waals surface area contributed by atoms with Crippen molar-refractivity contribution in [3.63, 3.8) is 0 Å². The van der Waals surface area contributed by atoms with E-state index in [0.29, 0.717) is 0 Å². The molecule has 0 aliphatic heterocycles. The summed E-state index contributed by atoms with van der Waals surface area (Å²) in [6.07, 6.45) is 0. The van der Waals surface area contributed by atoms with Gasteiger partial charge in [0.15, 0.2) is 0 Å². The minimum absolute atomic E-state index is 0. The molecule has 8 rings (SSSR count). The molecule has 0 heterocycles. The van der Waals surface area contributed by atoms with Gasteiger partial charge in [0.25, 0.3) is 0 Å². The van der Waals surface area contributed by atoms with E-state index in [2.05, 4.69) is 149 Å². The summed E-state index contributed by atoms with van der Waals surface area (Å²) in [4.78, 5) is 0. The van der Waals surface area contributed by atoms with E-state index in [4.69, 9.17) is 23.2 Å². The fraction of sp³-hybridized carbons (Fsp3) is 0.143. The second-order valence-electron chi connectivity index (χ2n) is 12.8. The molecule has 0 aromatic heterocycles. The molecule has 0 bridgehead atoms. The van der Waals surface area contributed by atoms with Gasteiger partial charge in [-0.25, -0.2) is 0 Å². The average Bonchev–Trinajstić information content (AvgIpc) is 3.38. The smallest absolute Gasteiger partial charge is 0.0923 e. The Kier molecular flexibility index (Phi) is 7.97. The number of hydrogen-bond acceptors (Lipinski definition) is 0. The number of alkyl halides is 2. The molecular weight excluding hydrogens is 695 g/mol. The molecule has 0 nitrogen and oxygen atoms in total. The van der Waals surface area contributed by atoms with Crippen LogP contribution in [-0.2, 0) is 35.2 Å². The zero-order chi connectivity index (χ0) is 31.1. The second kappa shape index (κ2) is 11.6. The van der Waals surface area contributed by atoms with Crippen molar-refractivity contribution in [2.45, 2.75) is 36.7 Å². The van der Waals surface area contributed by atoms with Crippen LogP contribution in [0.5, 0.6) is 0 Å². The first-order chi connectivity index (χ1) is 21.7. The molecule has 2 unspecified atom stereocenters. The monoisotopic (exact) mass is 726 g/mol. The maximum Gasteiger partial charge on any atom is 0.0923 e. The third kappa shape index (κ3) is 4.48. The maximum atomic E-state index is 8.01. The van der Waals surface area contributed by atoms with Crippen molar-refractivity contribution in [2.75, 3.05) is 0 Å². The Morgan fingerprint density at radius 3 is 1.22 bits per heavy atom. The van der Waals surface area contributed by atoms with Crippen LogP contribution in [0.3, 0.4) is 0 Å². The first-order valence-electron chi connectivity index (χ1n) is 15.7. The Balaban J connectivity index is 0.00000338. The summed E-state index contributed by atoms with van der Waals surface area (Å²) in [6, 6.07) is 43.9. The summed E-state index contributed by atoms with van der Waals surface area (Å²) in [5, 5.41) is 5.01. The van der Waals surface area contributed by atoms with E-state index in [-0.39, 0.29) is 26.2 Å². The van der Waals surface area contributed by atoms with Crippen LogP contribution in [0.15, 0.2) is 132 Å². The zero-order valence-electron chi connectivity index (χ0n) is 26.5. The Bertz CT molecular complexity index is 2110. The summed E-state index contributed by atoms with van der Waals surface area (Å²) < 4.78 is -1.22. The van der Waals surface area contributed by atoms with Gasteiger partial charge in [-0.05, 0) is 116 Å². The maximum absolute atomic E-state index is 8.01. The fourth-order valence-corrected chi connectivity index (χ4v) is 12.8. The topological polar surface area (TPSA) is 0 Å². The third-order valence-electron chi connectivity index (χ3n) is 10.7. The Morgan fingerprint density at radius 2 is 0.783 bits per heavy atom. The quantitative estimate of drug-likeness (QED) is 0.125. The molecule has 6 aromatic rings. The van der Waals surface area contributed by atoms with Gasteiger partial charge in [0, 0.05) is 26.2 Å². The number of rotatable bonds is 4. The second-order valence-corrected chi connectivity index (χ2v) is 17.5. The van der Waals surface area contributed by atoms with Crippen molar-refractivity contribution in [1.29, 1.82) is 0 Å². The van der Waals surface area contributed by atoms with Gasteiger partial charge in [-0.2, -0.15) is 0 Å². The molecule has 0 saturated heterocycles. The molecule has 0 fully saturated rings. The van der Waals surface area contributed by atoms with Gasteiger partial charge in [-0.1, -0.05) is 121 Å². The van der Waals surface area contributed by atoms with E-state index >= 15 is 0 Å². The number of halogens is 2. The molecule has 6 aromatic carbocycles. The molecule has 0 amide bonds. The van der Waals surface area contributed by atoms with Crippen molar-refractivity contribution >= 4 is 65.4 Å². The molecule has 0 spiro atoms. The van der Waals surface area contributed by atoms with Crippen LogP contribution in [0.2, 0.25) is 0 Å². The van der Waals surface area contributed by atoms with Crippen LogP contribution in [0.4, 0.5) is 0 Å². The third-order valence-corrected chi connectivity index (χ3v) is 15.3. The van der Waals surface area contributed by atoms with Crippen LogP contribution in [-0.4, -0.2) is 9.52 Å². The Labute approximate surface area is 303 Å². The first-order valence-corrected chi connectivity index (χ1v) is 17.9. The van der Waals surface area contributed by atoms with E-state index in [1.807, 2.05) is 0 Å². The SMILES string of the molecule is CC1=C(C)C(Cl)([SiH2]C2(Cl)C(C)=C(C)c3c(-c4cccc5ccccc45)cccc32)c2cccc(-c3cccc4ccccc34)c21.[Zr]. The van der Waals surface area contributed by atoms with E-state index in [1.54, 1.807) is 0 Å². The van der Waals surface area contributed by atoms with Gasteiger partial charge in [0.05, 0.1) is 18.5 Å². The normalized spacial score (nSPS) is 20.6. The zero-order valence-corrected chi connectivity index (χ0v) is 31.9. The van der Waals surface area contributed by atoms with Crippen molar-refractivity contribution < 1.29 is 26.2 Å². The molecule has 2 atom stereocenters. The average molecular weight is 729 g/mol. The molecular formula is C42H34Cl2SiZr. The fourth-order valence-electron chi connectivity index (χ4n) is 8.11. The van der Waals surface area contributed by atoms with Crippen LogP contribution >= 0.6 is 23.2 Å². The minimum atomic E-state index is -1.26. The Hall–Kier alpha value is -3.00. The molecule has 4 heteroatoms. The number of hydrogen-bond donors (Lipinski definition) is 0. The van der Waals surface area contributed by atoms with Gasteiger partial charge >= 0.3 is 0 Å². The summed E-state index contributed by atoms with van der Waals surface area (Å²) in [7, 11) is -1.26. The molecule has 0 N–H and O–H groups in total. The van der Waals surface area contributed by atoms with Gasteiger partial charge < -0.3 is 0 Å². The van der Waals surface area contributed by atoms with E-state index < -0.39 is 18.5 Å². The predicted molar refractivity (Wildman–Crippen MR) is 199 cm³/mol. The predicted octanol–water partition coefficient (Wildman–Crippen LogP) is 11.6. The molecule has 2 aliphatic rings. The van der Waals surface area contributed by atoms with Crippen LogP contribution in [0, 0.1) is 0 Å². The largest absolute Gasteiger partial charge is 0.114 e. The van der Waals surface area contributed by atoms with Gasteiger partial charge in [-0.3, -0.25) is 0 Å². The summed E-state index contributed by atoms with van der Waals surface area (Å²) in [5.41, 5.74) is 15.0. The van der Waals surface area contributed by atoms with Crippen molar-refractivity contribution in [3.8, 4) is 22.3 Å². The van der Waals surface area contributed by atoms with E-state index in [1.165, 1.54) is 88.3 Å². The summed E-state index contributed by atoms with van der Waals surface area (Å²) in [6.45, 7) is 8.96. The molecule has 224 valence electrons. The van der Waals surface area contributed by atoms with Crippen molar-refractivity contribution in [1.82, 2.24) is 0 Å². The molecule has 0 saturated carbocycles. The molecule has 46 heavy (non-hydrogen) atoms. The van der Waals surface area contributed by atoms with Crippen LogP contribution in [0.25, 0.3) is 54.9 Å². The van der Waals surface area contributed by atoms with Gasteiger partial charge in [-0.15, -0.1) is 23.2 Å².